The predicted molar refractivity (Wildman–Crippen MR) is 59.7 cm³/mol. The number of hydrogen-bond donors (Lipinski definition) is 2. The first-order chi connectivity index (χ1) is 7.70. The zero-order chi connectivity index (χ0) is 11.5. The number of H-pyrrole nitrogens is 1. The van der Waals surface area contributed by atoms with Crippen LogP contribution < -0.4 is 5.73 Å². The maximum absolute atomic E-state index is 6.03. The van der Waals surface area contributed by atoms with Crippen LogP contribution in [0.1, 0.15) is 30.2 Å². The highest BCUT2D eigenvalue weighted by Gasteiger charge is 2.13. The van der Waals surface area contributed by atoms with E-state index in [0.717, 1.165) is 17.9 Å². The number of nitrogens with one attached hydrogen (secondary N) is 1. The summed E-state index contributed by atoms with van der Waals surface area (Å²) in [5.41, 5.74) is 8.17. The summed E-state index contributed by atoms with van der Waals surface area (Å²) in [4.78, 5) is 4.05. The van der Waals surface area contributed by atoms with Gasteiger partial charge in [0.2, 0.25) is 0 Å². The van der Waals surface area contributed by atoms with E-state index in [4.69, 9.17) is 5.73 Å². The largest absolute Gasteiger partial charge is 0.321 e. The Kier molecular flexibility index (Phi) is 3.00. The van der Waals surface area contributed by atoms with E-state index in [9.17, 15) is 0 Å². The van der Waals surface area contributed by atoms with E-state index in [1.165, 1.54) is 6.33 Å². The minimum Gasteiger partial charge on any atom is -0.321 e. The van der Waals surface area contributed by atoms with Crippen LogP contribution in [0.15, 0.2) is 12.4 Å². The standard InChI is InChI=1S/C10H16N6/c1-3-16-8(4-7(2)15-16)5-9(11)10-12-6-13-14-10/h4,6,9H,3,5,11H2,1-2H3,(H,12,13,14). The molecule has 1 unspecified atom stereocenters. The lowest BCUT2D eigenvalue weighted by molar-refractivity contribution is 0.576. The van der Waals surface area contributed by atoms with Gasteiger partial charge in [0.1, 0.15) is 12.2 Å². The monoisotopic (exact) mass is 220 g/mol. The summed E-state index contributed by atoms with van der Waals surface area (Å²) >= 11 is 0. The fourth-order valence-corrected chi connectivity index (χ4v) is 1.75. The SMILES string of the molecule is CCn1nc(C)cc1CC(N)c1ncn[nH]1. The number of aryl methyl sites for hydroxylation is 2. The molecule has 0 saturated carbocycles. The van der Waals surface area contributed by atoms with Crippen LogP contribution in [0.3, 0.4) is 0 Å². The third-order valence-electron chi connectivity index (χ3n) is 2.50. The second-order valence-corrected chi connectivity index (χ2v) is 3.77. The molecule has 1 atom stereocenters. The summed E-state index contributed by atoms with van der Waals surface area (Å²) in [6.07, 6.45) is 2.18. The van der Waals surface area contributed by atoms with Crippen LogP contribution in [-0.4, -0.2) is 25.0 Å². The lowest BCUT2D eigenvalue weighted by atomic mass is 10.1. The zero-order valence-electron chi connectivity index (χ0n) is 9.51. The van der Waals surface area contributed by atoms with E-state index in [1.54, 1.807) is 0 Å². The first kappa shape index (κ1) is 10.8. The van der Waals surface area contributed by atoms with Crippen LogP contribution in [-0.2, 0) is 13.0 Å². The molecular weight excluding hydrogens is 204 g/mol. The highest BCUT2D eigenvalue weighted by atomic mass is 15.3. The molecule has 0 amide bonds. The number of aromatic nitrogens is 5. The summed E-state index contributed by atoms with van der Waals surface area (Å²) in [6.45, 7) is 4.90. The molecule has 0 fully saturated rings. The van der Waals surface area contributed by atoms with Crippen molar-refractivity contribution in [1.29, 1.82) is 0 Å². The van der Waals surface area contributed by atoms with Crippen molar-refractivity contribution in [3.05, 3.63) is 29.6 Å². The van der Waals surface area contributed by atoms with Gasteiger partial charge < -0.3 is 5.73 Å². The topological polar surface area (TPSA) is 85.4 Å². The van der Waals surface area contributed by atoms with Crippen molar-refractivity contribution < 1.29 is 0 Å². The van der Waals surface area contributed by atoms with Crippen molar-refractivity contribution in [3.8, 4) is 0 Å². The normalized spacial score (nSPS) is 12.9. The van der Waals surface area contributed by atoms with Gasteiger partial charge in [-0.25, -0.2) is 4.98 Å². The van der Waals surface area contributed by atoms with Gasteiger partial charge in [-0.05, 0) is 19.9 Å². The summed E-state index contributed by atoms with van der Waals surface area (Å²) in [6, 6.07) is 1.89. The Balaban J connectivity index is 2.14. The highest BCUT2D eigenvalue weighted by molar-refractivity contribution is 5.11. The van der Waals surface area contributed by atoms with E-state index < -0.39 is 0 Å². The lowest BCUT2D eigenvalue weighted by Crippen LogP contribution is -2.17. The van der Waals surface area contributed by atoms with Gasteiger partial charge in [-0.3, -0.25) is 9.78 Å². The first-order valence-corrected chi connectivity index (χ1v) is 5.35. The van der Waals surface area contributed by atoms with E-state index >= 15 is 0 Å². The molecule has 0 bridgehead atoms. The van der Waals surface area contributed by atoms with Gasteiger partial charge in [0.15, 0.2) is 0 Å². The molecule has 6 heteroatoms. The average molecular weight is 220 g/mol. The smallest absolute Gasteiger partial charge is 0.141 e. The highest BCUT2D eigenvalue weighted by Crippen LogP contribution is 2.13. The van der Waals surface area contributed by atoms with Crippen molar-refractivity contribution in [2.75, 3.05) is 0 Å². The van der Waals surface area contributed by atoms with Crippen LogP contribution in [0.4, 0.5) is 0 Å². The van der Waals surface area contributed by atoms with Gasteiger partial charge in [0, 0.05) is 18.7 Å². The minimum atomic E-state index is -0.163. The molecule has 0 saturated heterocycles. The summed E-state index contributed by atoms with van der Waals surface area (Å²) in [5.74, 6) is 0.710. The summed E-state index contributed by atoms with van der Waals surface area (Å²) in [7, 11) is 0. The Morgan fingerprint density at radius 3 is 3.00 bits per heavy atom. The molecule has 16 heavy (non-hydrogen) atoms. The number of rotatable bonds is 4. The molecule has 2 aromatic rings. The molecule has 0 aliphatic carbocycles. The molecule has 3 N–H and O–H groups in total. The maximum atomic E-state index is 6.03. The van der Waals surface area contributed by atoms with Crippen LogP contribution >= 0.6 is 0 Å². The molecule has 0 aliphatic heterocycles. The predicted octanol–water partition coefficient (Wildman–Crippen LogP) is 0.572. The fourth-order valence-electron chi connectivity index (χ4n) is 1.75. The Labute approximate surface area is 93.9 Å². The third-order valence-corrected chi connectivity index (χ3v) is 2.50. The van der Waals surface area contributed by atoms with Crippen LogP contribution in [0.5, 0.6) is 0 Å². The molecule has 6 nitrogen and oxygen atoms in total. The Hall–Kier alpha value is -1.69. The van der Waals surface area contributed by atoms with Gasteiger partial charge in [-0.15, -0.1) is 0 Å². The summed E-state index contributed by atoms with van der Waals surface area (Å²) in [5, 5.41) is 11.0. The number of nitrogens with zero attached hydrogens (tertiary/aromatic N) is 4. The number of hydrogen-bond acceptors (Lipinski definition) is 4. The molecular formula is C10H16N6. The van der Waals surface area contributed by atoms with Crippen molar-refractivity contribution in [3.63, 3.8) is 0 Å². The molecule has 0 spiro atoms. The fraction of sp³-hybridized carbons (Fsp3) is 0.500. The molecule has 2 aromatic heterocycles. The van der Waals surface area contributed by atoms with Gasteiger partial charge in [-0.2, -0.15) is 10.2 Å². The van der Waals surface area contributed by atoms with Crippen LogP contribution in [0.25, 0.3) is 0 Å². The molecule has 0 aromatic carbocycles. The Morgan fingerprint density at radius 1 is 1.56 bits per heavy atom. The van der Waals surface area contributed by atoms with Crippen molar-refractivity contribution in [2.45, 2.75) is 32.9 Å². The minimum absolute atomic E-state index is 0.163. The number of nitrogens with two attached hydrogens (primary N) is 1. The average Bonchev–Trinajstić information content (AvgIpc) is 2.87. The molecule has 86 valence electrons. The molecule has 2 heterocycles. The van der Waals surface area contributed by atoms with Crippen molar-refractivity contribution in [1.82, 2.24) is 25.0 Å². The maximum Gasteiger partial charge on any atom is 0.141 e. The van der Waals surface area contributed by atoms with Crippen LogP contribution in [0.2, 0.25) is 0 Å². The van der Waals surface area contributed by atoms with Crippen molar-refractivity contribution in [2.24, 2.45) is 5.73 Å². The first-order valence-electron chi connectivity index (χ1n) is 5.35. The Morgan fingerprint density at radius 2 is 2.38 bits per heavy atom. The zero-order valence-corrected chi connectivity index (χ0v) is 9.51. The van der Waals surface area contributed by atoms with Gasteiger partial charge >= 0.3 is 0 Å². The van der Waals surface area contributed by atoms with E-state index in [1.807, 2.05) is 11.6 Å². The number of aromatic amines is 1. The quantitative estimate of drug-likeness (QED) is 0.789. The second-order valence-electron chi connectivity index (χ2n) is 3.77. The van der Waals surface area contributed by atoms with Gasteiger partial charge in [0.05, 0.1) is 11.7 Å². The Bertz CT molecular complexity index is 444. The third kappa shape index (κ3) is 2.11. The molecule has 0 radical (unpaired) electrons. The van der Waals surface area contributed by atoms with Crippen LogP contribution in [0, 0.1) is 6.92 Å². The van der Waals surface area contributed by atoms with Crippen molar-refractivity contribution >= 4 is 0 Å². The summed E-state index contributed by atoms with van der Waals surface area (Å²) < 4.78 is 1.96. The van der Waals surface area contributed by atoms with Gasteiger partial charge in [0.25, 0.3) is 0 Å². The lowest BCUT2D eigenvalue weighted by Gasteiger charge is -2.09. The second kappa shape index (κ2) is 4.44. The van der Waals surface area contributed by atoms with E-state index in [0.29, 0.717) is 12.2 Å². The van der Waals surface area contributed by atoms with Gasteiger partial charge in [-0.1, -0.05) is 0 Å². The molecule has 0 aliphatic rings. The van der Waals surface area contributed by atoms with E-state index in [-0.39, 0.29) is 6.04 Å². The van der Waals surface area contributed by atoms with E-state index in [2.05, 4.69) is 33.3 Å². The molecule has 2 rings (SSSR count).